The SMILES string of the molecule is CCc1ccc(OP2N=PN=PN2)cc1. The highest BCUT2D eigenvalue weighted by atomic mass is 31.2. The second-order valence-corrected chi connectivity index (χ2v) is 6.17. The van der Waals surface area contributed by atoms with E-state index in [1.807, 2.05) is 12.1 Å². The second-order valence-electron chi connectivity index (χ2n) is 2.83. The summed E-state index contributed by atoms with van der Waals surface area (Å²) in [6.07, 6.45) is 1.05. The number of benzene rings is 1. The summed E-state index contributed by atoms with van der Waals surface area (Å²) >= 11 is 0. The number of hydrogen-bond donors (Lipinski definition) is 1. The Balaban J connectivity index is 1.98. The Morgan fingerprint density at radius 3 is 2.80 bits per heavy atom. The van der Waals surface area contributed by atoms with Crippen LogP contribution in [0, 0.1) is 0 Å². The van der Waals surface area contributed by atoms with Crippen LogP contribution in [0.25, 0.3) is 0 Å². The van der Waals surface area contributed by atoms with Gasteiger partial charge in [-0.3, -0.25) is 0 Å². The smallest absolute Gasteiger partial charge is 0.311 e. The van der Waals surface area contributed by atoms with Crippen molar-refractivity contribution in [2.24, 2.45) is 9.03 Å². The molecule has 0 radical (unpaired) electrons. The molecule has 0 fully saturated rings. The lowest BCUT2D eigenvalue weighted by atomic mass is 10.2. The summed E-state index contributed by atoms with van der Waals surface area (Å²) in [5.74, 6) is 0.863. The average molecular weight is 257 g/mol. The summed E-state index contributed by atoms with van der Waals surface area (Å²) in [5.41, 5.74) is 1.31. The average Bonchev–Trinajstić information content (AvgIpc) is 2.31. The molecule has 2 rings (SSSR count). The van der Waals surface area contributed by atoms with Crippen molar-refractivity contribution in [3.63, 3.8) is 0 Å². The van der Waals surface area contributed by atoms with Crippen LogP contribution in [0.15, 0.2) is 33.3 Å². The van der Waals surface area contributed by atoms with Gasteiger partial charge in [-0.1, -0.05) is 19.1 Å². The standard InChI is InChI=1S/C8H10N3OP3/c1-2-7-3-5-8(6-4-7)12-15-10-13-9-14-11-15/h3-6H,2H2,1H3,(H,9,10,11). The third kappa shape index (κ3) is 3.29. The first-order chi connectivity index (χ1) is 7.38. The highest BCUT2D eigenvalue weighted by Gasteiger charge is 2.10. The Hall–Kier alpha value is -0.390. The lowest BCUT2D eigenvalue weighted by Gasteiger charge is -2.12. The molecule has 1 N–H and O–H groups in total. The Morgan fingerprint density at radius 2 is 2.20 bits per heavy atom. The molecule has 0 spiro atoms. The van der Waals surface area contributed by atoms with Crippen molar-refractivity contribution in [3.05, 3.63) is 29.8 Å². The molecule has 78 valence electrons. The minimum atomic E-state index is -0.905. The topological polar surface area (TPSA) is 46.0 Å². The maximum absolute atomic E-state index is 5.67. The van der Waals surface area contributed by atoms with Crippen LogP contribution in [-0.4, -0.2) is 0 Å². The van der Waals surface area contributed by atoms with E-state index in [9.17, 15) is 0 Å². The summed E-state index contributed by atoms with van der Waals surface area (Å²) < 4.78 is 13.9. The van der Waals surface area contributed by atoms with E-state index in [0.717, 1.165) is 29.2 Å². The minimum Gasteiger partial charge on any atom is -0.439 e. The molecule has 0 bridgehead atoms. The first-order valence-electron chi connectivity index (χ1n) is 4.52. The fraction of sp³-hybridized carbons (Fsp3) is 0.250. The second kappa shape index (κ2) is 5.63. The molecule has 0 saturated carbocycles. The van der Waals surface area contributed by atoms with Crippen molar-refractivity contribution in [2.75, 3.05) is 0 Å². The van der Waals surface area contributed by atoms with Crippen LogP contribution in [0.5, 0.6) is 5.75 Å². The van der Waals surface area contributed by atoms with Gasteiger partial charge in [-0.15, -0.1) is 0 Å². The molecule has 0 amide bonds. The van der Waals surface area contributed by atoms with Gasteiger partial charge in [0.1, 0.15) is 14.3 Å². The molecule has 1 unspecified atom stereocenters. The van der Waals surface area contributed by atoms with Crippen LogP contribution in [0.2, 0.25) is 0 Å². The molecule has 1 aliphatic heterocycles. The monoisotopic (exact) mass is 257 g/mol. The lowest BCUT2D eigenvalue weighted by molar-refractivity contribution is 0.612. The molecule has 1 aliphatic rings. The number of rotatable bonds is 3. The first-order valence-corrected chi connectivity index (χ1v) is 7.38. The molecule has 15 heavy (non-hydrogen) atoms. The number of aryl methyl sites for hydroxylation is 1. The van der Waals surface area contributed by atoms with Crippen LogP contribution >= 0.6 is 25.5 Å². The van der Waals surface area contributed by atoms with Crippen molar-refractivity contribution < 1.29 is 4.52 Å². The molecule has 0 aromatic heterocycles. The van der Waals surface area contributed by atoms with Gasteiger partial charge >= 0.3 is 8.45 Å². The number of nitrogens with zero attached hydrogens (tertiary/aromatic N) is 2. The summed E-state index contributed by atoms with van der Waals surface area (Å²) in [5, 5.41) is 0. The van der Waals surface area contributed by atoms with E-state index in [0.29, 0.717) is 0 Å². The van der Waals surface area contributed by atoms with Crippen molar-refractivity contribution in [1.29, 1.82) is 0 Å². The van der Waals surface area contributed by atoms with E-state index >= 15 is 0 Å². The van der Waals surface area contributed by atoms with E-state index in [4.69, 9.17) is 4.52 Å². The molecular formula is C8H10N3OP3. The Kier molecular flexibility index (Phi) is 4.17. The Bertz CT molecular complexity index is 379. The first kappa shape index (κ1) is 11.1. The number of hydrogen-bond acceptors (Lipinski definition) is 4. The molecule has 0 aliphatic carbocycles. The van der Waals surface area contributed by atoms with Gasteiger partial charge < -0.3 is 4.52 Å². The summed E-state index contributed by atoms with van der Waals surface area (Å²) in [4.78, 5) is 3.07. The molecule has 4 nitrogen and oxygen atoms in total. The molecular weight excluding hydrogens is 247 g/mol. The van der Waals surface area contributed by atoms with Gasteiger partial charge in [0.05, 0.1) is 0 Å². The number of nitrogens with one attached hydrogen (secondary N) is 1. The van der Waals surface area contributed by atoms with Gasteiger partial charge in [-0.05, 0) is 24.1 Å². The maximum atomic E-state index is 5.67. The van der Waals surface area contributed by atoms with Crippen molar-refractivity contribution >= 4 is 25.5 Å². The maximum Gasteiger partial charge on any atom is 0.311 e. The lowest BCUT2D eigenvalue weighted by Crippen LogP contribution is -1.96. The van der Waals surface area contributed by atoms with Crippen LogP contribution in [0.4, 0.5) is 0 Å². The van der Waals surface area contributed by atoms with Gasteiger partial charge in [0.25, 0.3) is 0 Å². The molecule has 1 heterocycles. The van der Waals surface area contributed by atoms with E-state index in [1.165, 1.54) is 5.56 Å². The quantitative estimate of drug-likeness (QED) is 0.807. The van der Waals surface area contributed by atoms with E-state index in [-0.39, 0.29) is 0 Å². The van der Waals surface area contributed by atoms with Gasteiger partial charge in [0.15, 0.2) is 8.52 Å². The van der Waals surface area contributed by atoms with Gasteiger partial charge in [0, 0.05) is 0 Å². The highest BCUT2D eigenvalue weighted by Crippen LogP contribution is 2.44. The van der Waals surface area contributed by atoms with Crippen LogP contribution in [0.1, 0.15) is 12.5 Å². The minimum absolute atomic E-state index is 0.760. The van der Waals surface area contributed by atoms with Crippen molar-refractivity contribution in [2.45, 2.75) is 13.3 Å². The molecule has 1 aromatic carbocycles. The van der Waals surface area contributed by atoms with Gasteiger partial charge in [0.2, 0.25) is 0 Å². The third-order valence-corrected chi connectivity index (χ3v) is 4.93. The van der Waals surface area contributed by atoms with Crippen molar-refractivity contribution in [1.82, 2.24) is 4.86 Å². The largest absolute Gasteiger partial charge is 0.439 e. The van der Waals surface area contributed by atoms with Gasteiger partial charge in [-0.2, -0.15) is 13.9 Å². The van der Waals surface area contributed by atoms with E-state index in [1.54, 1.807) is 0 Å². The van der Waals surface area contributed by atoms with Gasteiger partial charge in [-0.25, -0.2) is 0 Å². The highest BCUT2D eigenvalue weighted by molar-refractivity contribution is 7.64. The molecule has 1 aromatic rings. The Morgan fingerprint density at radius 1 is 1.40 bits per heavy atom. The molecule has 0 saturated heterocycles. The Labute approximate surface area is 93.3 Å². The predicted molar refractivity (Wildman–Crippen MR) is 65.2 cm³/mol. The summed E-state index contributed by atoms with van der Waals surface area (Å²) in [7, 11) is 0.708. The predicted octanol–water partition coefficient (Wildman–Crippen LogP) is 4.55. The van der Waals surface area contributed by atoms with E-state index < -0.39 is 8.45 Å². The van der Waals surface area contributed by atoms with Crippen molar-refractivity contribution in [3.8, 4) is 5.75 Å². The van der Waals surface area contributed by atoms with Crippen LogP contribution in [-0.2, 0) is 6.42 Å². The zero-order valence-electron chi connectivity index (χ0n) is 8.16. The fourth-order valence-corrected chi connectivity index (χ4v) is 3.97. The van der Waals surface area contributed by atoms with Crippen LogP contribution < -0.4 is 9.38 Å². The van der Waals surface area contributed by atoms with E-state index in [2.05, 4.69) is 32.9 Å². The normalized spacial score (nSPS) is 21.3. The zero-order chi connectivity index (χ0) is 10.5. The molecule has 1 atom stereocenters. The zero-order valence-corrected chi connectivity index (χ0v) is 10.8. The summed E-state index contributed by atoms with van der Waals surface area (Å²) in [6, 6.07) is 8.12. The molecule has 7 heteroatoms. The summed E-state index contributed by atoms with van der Waals surface area (Å²) in [6.45, 7) is 2.14. The van der Waals surface area contributed by atoms with Crippen LogP contribution in [0.3, 0.4) is 0 Å². The fourth-order valence-electron chi connectivity index (χ4n) is 1.08. The third-order valence-electron chi connectivity index (χ3n) is 1.86.